The summed E-state index contributed by atoms with van der Waals surface area (Å²) in [6.45, 7) is 6.01. The number of anilines is 2. The van der Waals surface area contributed by atoms with Crippen molar-refractivity contribution in [3.63, 3.8) is 0 Å². The van der Waals surface area contributed by atoms with Crippen LogP contribution in [-0.4, -0.2) is 6.54 Å². The number of rotatable bonds is 4. The molecule has 0 aliphatic rings. The number of nitrogens with zero attached hydrogens (tertiary/aromatic N) is 1. The molecule has 0 spiro atoms. The van der Waals surface area contributed by atoms with Crippen LogP contribution in [0.15, 0.2) is 42.5 Å². The van der Waals surface area contributed by atoms with Gasteiger partial charge in [0.05, 0.1) is 10.7 Å². The van der Waals surface area contributed by atoms with Crippen molar-refractivity contribution in [2.75, 3.05) is 17.2 Å². The van der Waals surface area contributed by atoms with Crippen LogP contribution in [0.2, 0.25) is 5.02 Å². The topological polar surface area (TPSA) is 29.3 Å². The molecule has 19 heavy (non-hydrogen) atoms. The van der Waals surface area contributed by atoms with E-state index in [0.717, 1.165) is 24.3 Å². The van der Waals surface area contributed by atoms with Crippen molar-refractivity contribution >= 4 is 23.0 Å². The molecule has 3 heteroatoms. The highest BCUT2D eigenvalue weighted by atomic mass is 35.5. The van der Waals surface area contributed by atoms with Gasteiger partial charge in [0.15, 0.2) is 0 Å². The monoisotopic (exact) mass is 274 g/mol. The molecule has 0 fully saturated rings. The first-order chi connectivity index (χ1) is 9.11. The third-order valence-corrected chi connectivity index (χ3v) is 3.58. The van der Waals surface area contributed by atoms with Gasteiger partial charge >= 0.3 is 0 Å². The second kappa shape index (κ2) is 5.98. The Bertz CT molecular complexity index is 552. The smallest absolute Gasteiger partial charge is 0.0656 e. The van der Waals surface area contributed by atoms with E-state index in [1.807, 2.05) is 18.2 Å². The van der Waals surface area contributed by atoms with Crippen LogP contribution in [0.4, 0.5) is 11.4 Å². The van der Waals surface area contributed by atoms with Crippen molar-refractivity contribution in [3.8, 4) is 0 Å². The van der Waals surface area contributed by atoms with E-state index < -0.39 is 0 Å². The highest BCUT2D eigenvalue weighted by Gasteiger charge is 2.10. The van der Waals surface area contributed by atoms with Gasteiger partial charge in [-0.05, 0) is 37.1 Å². The fourth-order valence-electron chi connectivity index (χ4n) is 2.21. The average molecular weight is 275 g/mol. The summed E-state index contributed by atoms with van der Waals surface area (Å²) in [6, 6.07) is 14.3. The molecule has 2 aromatic carbocycles. The van der Waals surface area contributed by atoms with Crippen molar-refractivity contribution in [1.29, 1.82) is 0 Å². The number of hydrogen-bond acceptors (Lipinski definition) is 2. The van der Waals surface area contributed by atoms with Crippen molar-refractivity contribution in [2.45, 2.75) is 20.4 Å². The van der Waals surface area contributed by atoms with Crippen LogP contribution >= 0.6 is 11.6 Å². The maximum Gasteiger partial charge on any atom is 0.0656 e. The minimum Gasteiger partial charge on any atom is -0.398 e. The Hall–Kier alpha value is -1.67. The second-order valence-electron chi connectivity index (χ2n) is 4.66. The minimum atomic E-state index is 0.618. The highest BCUT2D eigenvalue weighted by Crippen LogP contribution is 2.30. The Labute approximate surface area is 119 Å². The van der Waals surface area contributed by atoms with Crippen molar-refractivity contribution < 1.29 is 0 Å². The number of halogens is 1. The fourth-order valence-corrected chi connectivity index (χ4v) is 2.36. The summed E-state index contributed by atoms with van der Waals surface area (Å²) in [6.07, 6.45) is 0. The van der Waals surface area contributed by atoms with Crippen molar-refractivity contribution in [1.82, 2.24) is 0 Å². The molecular weight excluding hydrogens is 256 g/mol. The number of aryl methyl sites for hydroxylation is 1. The summed E-state index contributed by atoms with van der Waals surface area (Å²) >= 11 is 6.14. The SMILES string of the molecule is CCN(Cc1ccccc1)c1cc(Cl)c(N)cc1C. The molecule has 0 aromatic heterocycles. The van der Waals surface area contributed by atoms with Crippen LogP contribution in [-0.2, 0) is 6.54 Å². The summed E-state index contributed by atoms with van der Waals surface area (Å²) in [7, 11) is 0. The molecular formula is C16H19ClN2. The van der Waals surface area contributed by atoms with Gasteiger partial charge in [0.1, 0.15) is 0 Å². The lowest BCUT2D eigenvalue weighted by atomic mass is 10.1. The van der Waals surface area contributed by atoms with Crippen molar-refractivity contribution in [2.24, 2.45) is 0 Å². The third kappa shape index (κ3) is 3.21. The van der Waals surface area contributed by atoms with Gasteiger partial charge in [-0.1, -0.05) is 41.9 Å². The predicted octanol–water partition coefficient (Wildman–Crippen LogP) is 4.26. The van der Waals surface area contributed by atoms with E-state index in [-0.39, 0.29) is 0 Å². The third-order valence-electron chi connectivity index (χ3n) is 3.25. The van der Waals surface area contributed by atoms with E-state index in [2.05, 4.69) is 43.0 Å². The van der Waals surface area contributed by atoms with Gasteiger partial charge in [-0.15, -0.1) is 0 Å². The van der Waals surface area contributed by atoms with Gasteiger partial charge in [0, 0.05) is 18.8 Å². The van der Waals surface area contributed by atoms with E-state index in [9.17, 15) is 0 Å². The number of nitrogens with two attached hydrogens (primary N) is 1. The molecule has 0 unspecified atom stereocenters. The summed E-state index contributed by atoms with van der Waals surface area (Å²) in [4.78, 5) is 2.30. The molecule has 0 saturated carbocycles. The summed E-state index contributed by atoms with van der Waals surface area (Å²) in [5.74, 6) is 0. The Morgan fingerprint density at radius 2 is 1.84 bits per heavy atom. The van der Waals surface area contributed by atoms with Crippen LogP contribution in [0.1, 0.15) is 18.1 Å². The number of nitrogen functional groups attached to an aromatic ring is 1. The molecule has 0 heterocycles. The molecule has 2 aromatic rings. The van der Waals surface area contributed by atoms with Crippen LogP contribution in [0.5, 0.6) is 0 Å². The minimum absolute atomic E-state index is 0.618. The van der Waals surface area contributed by atoms with Crippen LogP contribution < -0.4 is 10.6 Å². The summed E-state index contributed by atoms with van der Waals surface area (Å²) < 4.78 is 0. The maximum atomic E-state index is 6.14. The standard InChI is InChI=1S/C16H19ClN2/c1-3-19(11-13-7-5-4-6-8-13)16-10-14(17)15(18)9-12(16)2/h4-10H,3,11,18H2,1-2H3. The first kappa shape index (κ1) is 13.8. The first-order valence-electron chi connectivity index (χ1n) is 6.46. The summed E-state index contributed by atoms with van der Waals surface area (Å²) in [5, 5.41) is 0.618. The van der Waals surface area contributed by atoms with Gasteiger partial charge in [-0.2, -0.15) is 0 Å². The molecule has 0 radical (unpaired) electrons. The molecule has 0 amide bonds. The Morgan fingerprint density at radius 1 is 1.16 bits per heavy atom. The summed E-state index contributed by atoms with van der Waals surface area (Å²) in [5.41, 5.74) is 10.1. The Kier molecular flexibility index (Phi) is 4.33. The molecule has 0 aliphatic heterocycles. The molecule has 2 rings (SSSR count). The second-order valence-corrected chi connectivity index (χ2v) is 5.07. The lowest BCUT2D eigenvalue weighted by Crippen LogP contribution is -2.22. The lowest BCUT2D eigenvalue weighted by molar-refractivity contribution is 0.828. The number of benzene rings is 2. The zero-order chi connectivity index (χ0) is 13.8. The normalized spacial score (nSPS) is 10.5. The van der Waals surface area contributed by atoms with Crippen molar-refractivity contribution in [3.05, 3.63) is 58.6 Å². The van der Waals surface area contributed by atoms with Gasteiger partial charge in [-0.3, -0.25) is 0 Å². The Balaban J connectivity index is 2.30. The van der Waals surface area contributed by atoms with E-state index in [4.69, 9.17) is 17.3 Å². The molecule has 0 aliphatic carbocycles. The quantitative estimate of drug-likeness (QED) is 0.844. The maximum absolute atomic E-state index is 6.14. The highest BCUT2D eigenvalue weighted by molar-refractivity contribution is 6.33. The first-order valence-corrected chi connectivity index (χ1v) is 6.84. The predicted molar refractivity (Wildman–Crippen MR) is 83.8 cm³/mol. The van der Waals surface area contributed by atoms with E-state index >= 15 is 0 Å². The molecule has 2 nitrogen and oxygen atoms in total. The van der Waals surface area contributed by atoms with Gasteiger partial charge in [0.2, 0.25) is 0 Å². The van der Waals surface area contributed by atoms with E-state index in [1.54, 1.807) is 0 Å². The van der Waals surface area contributed by atoms with E-state index in [0.29, 0.717) is 10.7 Å². The van der Waals surface area contributed by atoms with E-state index in [1.165, 1.54) is 5.56 Å². The largest absolute Gasteiger partial charge is 0.398 e. The molecule has 0 saturated heterocycles. The number of hydrogen-bond donors (Lipinski definition) is 1. The molecule has 100 valence electrons. The van der Waals surface area contributed by atoms with Crippen LogP contribution in [0, 0.1) is 6.92 Å². The fraction of sp³-hybridized carbons (Fsp3) is 0.250. The van der Waals surface area contributed by atoms with Gasteiger partial charge < -0.3 is 10.6 Å². The average Bonchev–Trinajstić information content (AvgIpc) is 2.42. The van der Waals surface area contributed by atoms with Gasteiger partial charge in [-0.25, -0.2) is 0 Å². The van der Waals surface area contributed by atoms with Crippen LogP contribution in [0.25, 0.3) is 0 Å². The van der Waals surface area contributed by atoms with Crippen LogP contribution in [0.3, 0.4) is 0 Å². The zero-order valence-electron chi connectivity index (χ0n) is 11.4. The van der Waals surface area contributed by atoms with Gasteiger partial charge in [0.25, 0.3) is 0 Å². The molecule has 0 bridgehead atoms. The Morgan fingerprint density at radius 3 is 2.47 bits per heavy atom. The molecule has 0 atom stereocenters. The molecule has 2 N–H and O–H groups in total. The zero-order valence-corrected chi connectivity index (χ0v) is 12.1. The lowest BCUT2D eigenvalue weighted by Gasteiger charge is -2.25.